The summed E-state index contributed by atoms with van der Waals surface area (Å²) in [6.07, 6.45) is 1.73. The van der Waals surface area contributed by atoms with Gasteiger partial charge in [0.1, 0.15) is 0 Å². The van der Waals surface area contributed by atoms with Crippen molar-refractivity contribution >= 4 is 23.6 Å². The Bertz CT molecular complexity index is 470. The van der Waals surface area contributed by atoms with Gasteiger partial charge in [-0.25, -0.2) is 4.98 Å². The molecule has 0 fully saturated rings. The van der Waals surface area contributed by atoms with E-state index in [1.807, 2.05) is 6.07 Å². The van der Waals surface area contributed by atoms with Crippen molar-refractivity contribution in [1.29, 1.82) is 0 Å². The minimum atomic E-state index is 0.531. The predicted molar refractivity (Wildman–Crippen MR) is 57.5 cm³/mol. The van der Waals surface area contributed by atoms with Crippen molar-refractivity contribution in [2.45, 2.75) is 6.92 Å². The molecule has 2 aromatic heterocycles. The summed E-state index contributed by atoms with van der Waals surface area (Å²) in [6.45, 7) is 2.09. The van der Waals surface area contributed by atoms with Crippen molar-refractivity contribution in [3.63, 3.8) is 0 Å². The van der Waals surface area contributed by atoms with Crippen molar-refractivity contribution in [2.75, 3.05) is 0 Å². The van der Waals surface area contributed by atoms with E-state index in [1.54, 1.807) is 17.5 Å². The third kappa shape index (κ3) is 1.68. The van der Waals surface area contributed by atoms with Gasteiger partial charge < -0.3 is 4.98 Å². The minimum absolute atomic E-state index is 0.531. The fourth-order valence-corrected chi connectivity index (χ4v) is 2.07. The summed E-state index contributed by atoms with van der Waals surface area (Å²) in [5, 5.41) is 2.07. The summed E-state index contributed by atoms with van der Waals surface area (Å²) in [5.74, 6) is 0. The largest absolute Gasteiger partial charge is 0.330 e. The SMILES string of the molecule is Cc1sccc1-c1ccnc(=S)[nH]1. The molecule has 13 heavy (non-hydrogen) atoms. The maximum absolute atomic E-state index is 4.95. The van der Waals surface area contributed by atoms with E-state index in [4.69, 9.17) is 12.2 Å². The number of hydrogen-bond acceptors (Lipinski definition) is 3. The molecule has 0 saturated heterocycles. The van der Waals surface area contributed by atoms with Gasteiger partial charge in [0.2, 0.25) is 0 Å². The molecule has 2 aromatic rings. The summed E-state index contributed by atoms with van der Waals surface area (Å²) in [6, 6.07) is 4.02. The van der Waals surface area contributed by atoms with Crippen molar-refractivity contribution in [3.05, 3.63) is 33.4 Å². The number of nitrogens with one attached hydrogen (secondary N) is 1. The first kappa shape index (κ1) is 8.59. The minimum Gasteiger partial charge on any atom is -0.330 e. The van der Waals surface area contributed by atoms with Crippen molar-refractivity contribution in [3.8, 4) is 11.3 Å². The number of aromatic amines is 1. The number of nitrogens with zero attached hydrogens (tertiary/aromatic N) is 1. The second-order valence-corrected chi connectivity index (χ2v) is 4.19. The van der Waals surface area contributed by atoms with E-state index < -0.39 is 0 Å². The van der Waals surface area contributed by atoms with Crippen LogP contribution in [0.4, 0.5) is 0 Å². The molecule has 2 rings (SSSR count). The van der Waals surface area contributed by atoms with Crippen LogP contribution >= 0.6 is 23.6 Å². The monoisotopic (exact) mass is 208 g/mol. The standard InChI is InChI=1S/C9H8N2S2/c1-6-7(3-5-13-6)8-2-4-10-9(12)11-8/h2-5H,1H3,(H,10,11,12). The summed E-state index contributed by atoms with van der Waals surface area (Å²) in [7, 11) is 0. The fraction of sp³-hybridized carbons (Fsp3) is 0.111. The Labute approximate surface area is 85.3 Å². The number of H-pyrrole nitrogens is 1. The maximum atomic E-state index is 4.95. The lowest BCUT2D eigenvalue weighted by molar-refractivity contribution is 1.14. The van der Waals surface area contributed by atoms with Crippen LogP contribution in [0.25, 0.3) is 11.3 Å². The lowest BCUT2D eigenvalue weighted by Crippen LogP contribution is -1.85. The topological polar surface area (TPSA) is 28.7 Å². The molecule has 1 N–H and O–H groups in total. The fourth-order valence-electron chi connectivity index (χ4n) is 1.19. The average Bonchev–Trinajstić information content (AvgIpc) is 2.51. The quantitative estimate of drug-likeness (QED) is 0.729. The third-order valence-electron chi connectivity index (χ3n) is 1.82. The average molecular weight is 208 g/mol. The van der Waals surface area contributed by atoms with Crippen LogP contribution in [0, 0.1) is 11.7 Å². The van der Waals surface area contributed by atoms with E-state index in [0.717, 1.165) is 5.69 Å². The summed E-state index contributed by atoms with van der Waals surface area (Å²) >= 11 is 6.68. The second kappa shape index (κ2) is 3.40. The van der Waals surface area contributed by atoms with Crippen molar-refractivity contribution in [1.82, 2.24) is 9.97 Å². The van der Waals surface area contributed by atoms with Gasteiger partial charge in [-0.2, -0.15) is 0 Å². The summed E-state index contributed by atoms with van der Waals surface area (Å²) < 4.78 is 0.531. The van der Waals surface area contributed by atoms with E-state index in [2.05, 4.69) is 28.3 Å². The Balaban J connectivity index is 2.59. The van der Waals surface area contributed by atoms with Gasteiger partial charge in [0.25, 0.3) is 0 Å². The Morgan fingerprint density at radius 3 is 2.92 bits per heavy atom. The molecule has 66 valence electrons. The zero-order valence-electron chi connectivity index (χ0n) is 7.07. The highest BCUT2D eigenvalue weighted by Crippen LogP contribution is 2.24. The molecule has 4 heteroatoms. The Hall–Kier alpha value is -1.00. The third-order valence-corrected chi connectivity index (χ3v) is 2.88. The molecule has 0 atom stereocenters. The van der Waals surface area contributed by atoms with E-state index >= 15 is 0 Å². The molecular weight excluding hydrogens is 200 g/mol. The number of aryl methyl sites for hydroxylation is 1. The molecule has 0 aromatic carbocycles. The molecule has 0 aliphatic carbocycles. The van der Waals surface area contributed by atoms with Gasteiger partial charge in [-0.05, 0) is 36.7 Å². The first-order valence-corrected chi connectivity index (χ1v) is 5.16. The number of thiophene rings is 1. The van der Waals surface area contributed by atoms with Crippen LogP contribution in [0.2, 0.25) is 0 Å². The van der Waals surface area contributed by atoms with Crippen LogP contribution in [0.1, 0.15) is 4.88 Å². The lowest BCUT2D eigenvalue weighted by Gasteiger charge is -1.98. The molecule has 0 amide bonds. The van der Waals surface area contributed by atoms with Gasteiger partial charge >= 0.3 is 0 Å². The lowest BCUT2D eigenvalue weighted by atomic mass is 10.2. The number of rotatable bonds is 1. The predicted octanol–water partition coefficient (Wildman–Crippen LogP) is 3.18. The first-order chi connectivity index (χ1) is 6.27. The second-order valence-electron chi connectivity index (χ2n) is 2.68. The molecule has 0 aliphatic heterocycles. The molecule has 0 aliphatic rings. The Morgan fingerprint density at radius 1 is 1.46 bits per heavy atom. The van der Waals surface area contributed by atoms with Crippen LogP contribution in [-0.4, -0.2) is 9.97 Å². The van der Waals surface area contributed by atoms with E-state index in [9.17, 15) is 0 Å². The van der Waals surface area contributed by atoms with Gasteiger partial charge in [0.05, 0.1) is 5.69 Å². The summed E-state index contributed by atoms with van der Waals surface area (Å²) in [5.41, 5.74) is 2.25. The molecule has 0 radical (unpaired) electrons. The molecule has 0 spiro atoms. The van der Waals surface area contributed by atoms with E-state index in [-0.39, 0.29) is 0 Å². The normalized spacial score (nSPS) is 10.2. The molecule has 2 heterocycles. The van der Waals surface area contributed by atoms with Crippen molar-refractivity contribution < 1.29 is 0 Å². The molecule has 0 bridgehead atoms. The van der Waals surface area contributed by atoms with Crippen molar-refractivity contribution in [2.24, 2.45) is 0 Å². The highest BCUT2D eigenvalue weighted by Gasteiger charge is 2.01. The highest BCUT2D eigenvalue weighted by atomic mass is 32.1. The number of hydrogen-bond donors (Lipinski definition) is 1. The summed E-state index contributed by atoms with van der Waals surface area (Å²) in [4.78, 5) is 8.29. The van der Waals surface area contributed by atoms with Crippen LogP contribution < -0.4 is 0 Å². The smallest absolute Gasteiger partial charge is 0.197 e. The van der Waals surface area contributed by atoms with E-state index in [1.165, 1.54) is 10.4 Å². The van der Waals surface area contributed by atoms with Crippen LogP contribution in [0.15, 0.2) is 23.7 Å². The van der Waals surface area contributed by atoms with Gasteiger partial charge in [-0.1, -0.05) is 0 Å². The van der Waals surface area contributed by atoms with Crippen LogP contribution in [0.3, 0.4) is 0 Å². The van der Waals surface area contributed by atoms with Gasteiger partial charge in [0, 0.05) is 16.6 Å². The highest BCUT2D eigenvalue weighted by molar-refractivity contribution is 7.71. The number of aromatic nitrogens is 2. The van der Waals surface area contributed by atoms with Gasteiger partial charge in [0.15, 0.2) is 4.77 Å². The van der Waals surface area contributed by atoms with Crippen LogP contribution in [0.5, 0.6) is 0 Å². The Kier molecular flexibility index (Phi) is 2.24. The molecular formula is C9H8N2S2. The zero-order chi connectivity index (χ0) is 9.26. The Morgan fingerprint density at radius 2 is 2.31 bits per heavy atom. The van der Waals surface area contributed by atoms with Crippen LogP contribution in [-0.2, 0) is 0 Å². The molecule has 0 unspecified atom stereocenters. The first-order valence-electron chi connectivity index (χ1n) is 3.87. The van der Waals surface area contributed by atoms with E-state index in [0.29, 0.717) is 4.77 Å². The molecule has 2 nitrogen and oxygen atoms in total. The van der Waals surface area contributed by atoms with Gasteiger partial charge in [-0.3, -0.25) is 0 Å². The molecule has 0 saturated carbocycles. The maximum Gasteiger partial charge on any atom is 0.197 e. The zero-order valence-corrected chi connectivity index (χ0v) is 8.71. The van der Waals surface area contributed by atoms with Gasteiger partial charge in [-0.15, -0.1) is 11.3 Å².